The molecule has 19 heavy (non-hydrogen) atoms. The van der Waals surface area contributed by atoms with Crippen molar-refractivity contribution in [3.05, 3.63) is 20.8 Å². The standard InChI is InChI=1S/C15H27BrN2S/c1-7-12(17)14(13-8-11(16)9-19-13)18(6)10(2)15(3,4)5/h8-10,12,14H,7,17H2,1-6H3. The number of thiophene rings is 1. The van der Waals surface area contributed by atoms with Gasteiger partial charge in [0.1, 0.15) is 0 Å². The number of nitrogens with two attached hydrogens (primary N) is 1. The van der Waals surface area contributed by atoms with Crippen LogP contribution >= 0.6 is 27.3 Å². The number of likely N-dealkylation sites (N-methyl/N-ethyl adjacent to an activating group) is 1. The van der Waals surface area contributed by atoms with Gasteiger partial charge in [0.2, 0.25) is 0 Å². The van der Waals surface area contributed by atoms with Gasteiger partial charge in [-0.1, -0.05) is 27.7 Å². The molecule has 1 rings (SSSR count). The fourth-order valence-corrected chi connectivity index (χ4v) is 3.94. The average Bonchev–Trinajstić information content (AvgIpc) is 2.73. The van der Waals surface area contributed by atoms with Crippen LogP contribution in [0.2, 0.25) is 0 Å². The maximum atomic E-state index is 6.39. The highest BCUT2D eigenvalue weighted by atomic mass is 79.9. The van der Waals surface area contributed by atoms with Crippen LogP contribution in [0.25, 0.3) is 0 Å². The van der Waals surface area contributed by atoms with E-state index in [-0.39, 0.29) is 17.5 Å². The van der Waals surface area contributed by atoms with Gasteiger partial charge in [0.15, 0.2) is 0 Å². The van der Waals surface area contributed by atoms with E-state index < -0.39 is 0 Å². The van der Waals surface area contributed by atoms with Gasteiger partial charge in [-0.25, -0.2) is 0 Å². The van der Waals surface area contributed by atoms with E-state index in [1.807, 2.05) is 0 Å². The second kappa shape index (κ2) is 6.70. The van der Waals surface area contributed by atoms with Crippen LogP contribution in [0.4, 0.5) is 0 Å². The summed E-state index contributed by atoms with van der Waals surface area (Å²) in [7, 11) is 2.20. The number of halogens is 1. The molecule has 0 amide bonds. The van der Waals surface area contributed by atoms with Gasteiger partial charge in [-0.3, -0.25) is 4.90 Å². The van der Waals surface area contributed by atoms with Crippen molar-refractivity contribution >= 4 is 27.3 Å². The first kappa shape index (κ1) is 17.2. The zero-order chi connectivity index (χ0) is 14.8. The lowest BCUT2D eigenvalue weighted by molar-refractivity contribution is 0.0847. The van der Waals surface area contributed by atoms with Crippen LogP contribution < -0.4 is 5.73 Å². The Balaban J connectivity index is 3.04. The van der Waals surface area contributed by atoms with Crippen molar-refractivity contribution < 1.29 is 0 Å². The van der Waals surface area contributed by atoms with Crippen LogP contribution in [0, 0.1) is 5.41 Å². The summed E-state index contributed by atoms with van der Waals surface area (Å²) in [6.45, 7) is 11.3. The minimum atomic E-state index is 0.167. The molecule has 2 nitrogen and oxygen atoms in total. The summed E-state index contributed by atoms with van der Waals surface area (Å²) in [5.41, 5.74) is 6.64. The quantitative estimate of drug-likeness (QED) is 0.840. The third kappa shape index (κ3) is 4.28. The van der Waals surface area contributed by atoms with Gasteiger partial charge in [-0.05, 0) is 47.8 Å². The highest BCUT2D eigenvalue weighted by molar-refractivity contribution is 9.10. The van der Waals surface area contributed by atoms with E-state index in [2.05, 4.69) is 73.9 Å². The number of hydrogen-bond acceptors (Lipinski definition) is 3. The molecule has 0 aliphatic heterocycles. The summed E-state index contributed by atoms with van der Waals surface area (Å²) >= 11 is 5.34. The van der Waals surface area contributed by atoms with Gasteiger partial charge in [-0.2, -0.15) is 0 Å². The normalized spacial score (nSPS) is 17.5. The molecule has 3 atom stereocenters. The molecule has 0 fully saturated rings. The van der Waals surface area contributed by atoms with Gasteiger partial charge < -0.3 is 5.73 Å². The number of hydrogen-bond donors (Lipinski definition) is 1. The molecule has 0 spiro atoms. The van der Waals surface area contributed by atoms with Crippen LogP contribution in [0.5, 0.6) is 0 Å². The Morgan fingerprint density at radius 3 is 2.37 bits per heavy atom. The Hall–Kier alpha value is 0.1000. The van der Waals surface area contributed by atoms with Crippen molar-refractivity contribution in [3.63, 3.8) is 0 Å². The molecule has 0 aliphatic carbocycles. The lowest BCUT2D eigenvalue weighted by Crippen LogP contribution is -2.47. The van der Waals surface area contributed by atoms with E-state index in [9.17, 15) is 0 Å². The molecule has 1 aromatic rings. The second-order valence-electron chi connectivity index (χ2n) is 6.39. The molecule has 3 unspecified atom stereocenters. The molecule has 0 bridgehead atoms. The molecule has 0 saturated heterocycles. The van der Waals surface area contributed by atoms with Crippen LogP contribution in [0.1, 0.15) is 52.0 Å². The van der Waals surface area contributed by atoms with Crippen LogP contribution in [-0.2, 0) is 0 Å². The Morgan fingerprint density at radius 2 is 2.00 bits per heavy atom. The molecule has 110 valence electrons. The monoisotopic (exact) mass is 346 g/mol. The first-order valence-corrected chi connectivity index (χ1v) is 8.57. The van der Waals surface area contributed by atoms with E-state index in [1.54, 1.807) is 11.3 Å². The third-order valence-corrected chi connectivity index (χ3v) is 5.82. The molecule has 0 aliphatic rings. The highest BCUT2D eigenvalue weighted by Gasteiger charge is 2.32. The minimum absolute atomic E-state index is 0.167. The molecule has 0 aromatic carbocycles. The Morgan fingerprint density at radius 1 is 1.42 bits per heavy atom. The second-order valence-corrected chi connectivity index (χ2v) is 8.25. The number of rotatable bonds is 5. The maximum Gasteiger partial charge on any atom is 0.0593 e. The minimum Gasteiger partial charge on any atom is -0.326 e. The lowest BCUT2D eigenvalue weighted by Gasteiger charge is -2.42. The predicted molar refractivity (Wildman–Crippen MR) is 89.7 cm³/mol. The van der Waals surface area contributed by atoms with Crippen LogP contribution in [0.3, 0.4) is 0 Å². The summed E-state index contributed by atoms with van der Waals surface area (Å²) in [5.74, 6) is 0. The Bertz CT molecular complexity index is 397. The molecule has 4 heteroatoms. The molecule has 1 aromatic heterocycles. The smallest absolute Gasteiger partial charge is 0.0593 e. The molecule has 0 saturated carbocycles. The summed E-state index contributed by atoms with van der Waals surface area (Å²) in [4.78, 5) is 3.78. The Labute approximate surface area is 130 Å². The van der Waals surface area contributed by atoms with E-state index in [1.165, 1.54) is 4.88 Å². The van der Waals surface area contributed by atoms with E-state index >= 15 is 0 Å². The summed E-state index contributed by atoms with van der Waals surface area (Å²) in [5, 5.41) is 2.14. The zero-order valence-corrected chi connectivity index (χ0v) is 15.3. The zero-order valence-electron chi connectivity index (χ0n) is 12.9. The van der Waals surface area contributed by atoms with Crippen molar-refractivity contribution in [1.29, 1.82) is 0 Å². The maximum absolute atomic E-state index is 6.39. The number of nitrogens with zero attached hydrogens (tertiary/aromatic N) is 1. The summed E-state index contributed by atoms with van der Waals surface area (Å²) in [6.07, 6.45) is 0.987. The topological polar surface area (TPSA) is 29.3 Å². The third-order valence-electron chi connectivity index (χ3n) is 4.06. The van der Waals surface area contributed by atoms with Crippen molar-refractivity contribution in [2.24, 2.45) is 11.1 Å². The van der Waals surface area contributed by atoms with E-state index in [4.69, 9.17) is 5.73 Å². The van der Waals surface area contributed by atoms with Gasteiger partial charge in [0.05, 0.1) is 6.04 Å². The van der Waals surface area contributed by atoms with E-state index in [0.29, 0.717) is 6.04 Å². The van der Waals surface area contributed by atoms with Crippen molar-refractivity contribution in [2.45, 2.75) is 59.2 Å². The van der Waals surface area contributed by atoms with Crippen LogP contribution in [0.15, 0.2) is 15.9 Å². The first-order chi connectivity index (χ1) is 8.68. The molecule has 1 heterocycles. The van der Waals surface area contributed by atoms with E-state index in [0.717, 1.165) is 10.9 Å². The summed E-state index contributed by atoms with van der Waals surface area (Å²) < 4.78 is 1.15. The van der Waals surface area contributed by atoms with Gasteiger partial charge >= 0.3 is 0 Å². The first-order valence-electron chi connectivity index (χ1n) is 6.90. The van der Waals surface area contributed by atoms with Crippen molar-refractivity contribution in [3.8, 4) is 0 Å². The largest absolute Gasteiger partial charge is 0.326 e. The Kier molecular flexibility index (Phi) is 6.05. The van der Waals surface area contributed by atoms with Crippen LogP contribution in [-0.4, -0.2) is 24.0 Å². The fourth-order valence-electron chi connectivity index (χ4n) is 2.27. The SMILES string of the molecule is CCC(N)C(c1cc(Br)cs1)N(C)C(C)C(C)(C)C. The highest BCUT2D eigenvalue weighted by Crippen LogP contribution is 2.35. The van der Waals surface area contributed by atoms with Crippen molar-refractivity contribution in [2.75, 3.05) is 7.05 Å². The lowest BCUT2D eigenvalue weighted by atomic mass is 9.85. The predicted octanol–water partition coefficient (Wildman–Crippen LogP) is 4.66. The summed E-state index contributed by atoms with van der Waals surface area (Å²) in [6, 6.07) is 3.13. The molecular weight excluding hydrogens is 320 g/mol. The molecule has 2 N–H and O–H groups in total. The van der Waals surface area contributed by atoms with Gasteiger partial charge in [-0.15, -0.1) is 11.3 Å². The average molecular weight is 347 g/mol. The van der Waals surface area contributed by atoms with Gasteiger partial charge in [0, 0.05) is 26.8 Å². The molecular formula is C15H27BrN2S. The molecule has 0 radical (unpaired) electrons. The van der Waals surface area contributed by atoms with Crippen molar-refractivity contribution in [1.82, 2.24) is 4.90 Å². The fraction of sp³-hybridized carbons (Fsp3) is 0.733. The van der Waals surface area contributed by atoms with Gasteiger partial charge in [0.25, 0.3) is 0 Å².